The Hall–Kier alpha value is -1.82. The summed E-state index contributed by atoms with van der Waals surface area (Å²) in [5, 5.41) is 6.48. The molecule has 0 spiro atoms. The normalized spacial score (nSPS) is 11.4. The van der Waals surface area contributed by atoms with Gasteiger partial charge < -0.3 is 20.3 Å². The van der Waals surface area contributed by atoms with Crippen molar-refractivity contribution in [3.63, 3.8) is 0 Å². The predicted octanol–water partition coefficient (Wildman–Crippen LogP) is 1.63. The van der Waals surface area contributed by atoms with Gasteiger partial charge in [0.1, 0.15) is 5.82 Å². The number of aliphatic imine (C=N–C) groups is 1. The van der Waals surface area contributed by atoms with Crippen LogP contribution >= 0.6 is 0 Å². The van der Waals surface area contributed by atoms with Crippen molar-refractivity contribution in [3.05, 3.63) is 23.9 Å². The average molecular weight is 307 g/mol. The number of nitrogens with zero attached hydrogens (tertiary/aromatic N) is 3. The quantitative estimate of drug-likeness (QED) is 0.412. The van der Waals surface area contributed by atoms with Gasteiger partial charge in [0, 0.05) is 46.0 Å². The minimum Gasteiger partial charge on any atom is -0.380 e. The SMILES string of the molecule is CCOCCNC(=NC)NCc1ccc(N(CC)CC)nc1. The number of hydrogen-bond donors (Lipinski definition) is 2. The van der Waals surface area contributed by atoms with Gasteiger partial charge in [-0.25, -0.2) is 4.98 Å². The van der Waals surface area contributed by atoms with E-state index in [0.717, 1.165) is 43.6 Å². The first-order valence-electron chi connectivity index (χ1n) is 7.97. The zero-order valence-electron chi connectivity index (χ0n) is 14.2. The summed E-state index contributed by atoms with van der Waals surface area (Å²) >= 11 is 0. The lowest BCUT2D eigenvalue weighted by Gasteiger charge is -2.19. The molecule has 0 aliphatic rings. The van der Waals surface area contributed by atoms with Crippen molar-refractivity contribution in [2.45, 2.75) is 27.3 Å². The van der Waals surface area contributed by atoms with E-state index in [1.807, 2.05) is 13.1 Å². The topological polar surface area (TPSA) is 61.8 Å². The summed E-state index contributed by atoms with van der Waals surface area (Å²) < 4.78 is 5.29. The number of hydrogen-bond acceptors (Lipinski definition) is 4. The molecule has 1 aromatic heterocycles. The van der Waals surface area contributed by atoms with Gasteiger partial charge in [-0.3, -0.25) is 4.99 Å². The lowest BCUT2D eigenvalue weighted by molar-refractivity contribution is 0.152. The molecule has 1 heterocycles. The summed E-state index contributed by atoms with van der Waals surface area (Å²) in [6.45, 7) is 11.1. The molecule has 1 rings (SSSR count). The van der Waals surface area contributed by atoms with E-state index in [9.17, 15) is 0 Å². The van der Waals surface area contributed by atoms with Crippen molar-refractivity contribution in [2.24, 2.45) is 4.99 Å². The minimum absolute atomic E-state index is 0.678. The number of anilines is 1. The largest absolute Gasteiger partial charge is 0.380 e. The zero-order valence-corrected chi connectivity index (χ0v) is 14.2. The van der Waals surface area contributed by atoms with Crippen LogP contribution in [0.5, 0.6) is 0 Å². The molecule has 0 radical (unpaired) electrons. The molecule has 0 saturated heterocycles. The summed E-state index contributed by atoms with van der Waals surface area (Å²) in [7, 11) is 1.76. The van der Waals surface area contributed by atoms with Crippen molar-refractivity contribution in [2.75, 3.05) is 44.8 Å². The molecule has 22 heavy (non-hydrogen) atoms. The second-order valence-electron chi connectivity index (χ2n) is 4.75. The van der Waals surface area contributed by atoms with Crippen molar-refractivity contribution >= 4 is 11.8 Å². The fourth-order valence-electron chi connectivity index (χ4n) is 2.05. The average Bonchev–Trinajstić information content (AvgIpc) is 2.56. The number of nitrogens with one attached hydrogen (secondary N) is 2. The third-order valence-electron chi connectivity index (χ3n) is 3.32. The van der Waals surface area contributed by atoms with Crippen LogP contribution < -0.4 is 15.5 Å². The Morgan fingerprint density at radius 1 is 1.23 bits per heavy atom. The van der Waals surface area contributed by atoms with Gasteiger partial charge in [0.15, 0.2) is 5.96 Å². The third-order valence-corrected chi connectivity index (χ3v) is 3.32. The monoisotopic (exact) mass is 307 g/mol. The van der Waals surface area contributed by atoms with Gasteiger partial charge in [-0.1, -0.05) is 6.07 Å². The van der Waals surface area contributed by atoms with Crippen molar-refractivity contribution in [1.82, 2.24) is 15.6 Å². The van der Waals surface area contributed by atoms with Gasteiger partial charge in [0.2, 0.25) is 0 Å². The molecule has 0 bridgehead atoms. The Labute approximate surface area is 134 Å². The Morgan fingerprint density at radius 3 is 2.55 bits per heavy atom. The van der Waals surface area contributed by atoms with E-state index in [2.05, 4.69) is 51.5 Å². The number of rotatable bonds is 9. The number of guanidine groups is 1. The minimum atomic E-state index is 0.678. The smallest absolute Gasteiger partial charge is 0.191 e. The second kappa shape index (κ2) is 10.8. The first kappa shape index (κ1) is 18.2. The molecule has 124 valence electrons. The van der Waals surface area contributed by atoms with Crippen LogP contribution in [0.15, 0.2) is 23.3 Å². The summed E-state index contributed by atoms with van der Waals surface area (Å²) in [6, 6.07) is 4.16. The fourth-order valence-corrected chi connectivity index (χ4v) is 2.05. The highest BCUT2D eigenvalue weighted by Gasteiger charge is 2.03. The van der Waals surface area contributed by atoms with Crippen LogP contribution in [0.25, 0.3) is 0 Å². The molecule has 2 N–H and O–H groups in total. The van der Waals surface area contributed by atoms with E-state index in [0.29, 0.717) is 13.2 Å². The van der Waals surface area contributed by atoms with Gasteiger partial charge in [-0.15, -0.1) is 0 Å². The fraction of sp³-hybridized carbons (Fsp3) is 0.625. The van der Waals surface area contributed by atoms with Gasteiger partial charge in [-0.05, 0) is 32.4 Å². The molecular weight excluding hydrogens is 278 g/mol. The predicted molar refractivity (Wildman–Crippen MR) is 92.5 cm³/mol. The Balaban J connectivity index is 2.43. The zero-order chi connectivity index (χ0) is 16.2. The van der Waals surface area contributed by atoms with Gasteiger partial charge >= 0.3 is 0 Å². The number of ether oxygens (including phenoxy) is 1. The molecule has 0 aliphatic carbocycles. The van der Waals surface area contributed by atoms with E-state index in [4.69, 9.17) is 4.74 Å². The first-order valence-corrected chi connectivity index (χ1v) is 7.97. The summed E-state index contributed by atoms with van der Waals surface area (Å²) in [4.78, 5) is 10.9. The number of aromatic nitrogens is 1. The number of pyridine rings is 1. The van der Waals surface area contributed by atoms with Gasteiger partial charge in [0.05, 0.1) is 6.61 Å². The summed E-state index contributed by atoms with van der Waals surface area (Å²) in [5.41, 5.74) is 1.13. The molecule has 0 atom stereocenters. The molecular formula is C16H29N5O. The molecule has 0 amide bonds. The van der Waals surface area contributed by atoms with Crippen LogP contribution in [0.4, 0.5) is 5.82 Å². The second-order valence-corrected chi connectivity index (χ2v) is 4.75. The van der Waals surface area contributed by atoms with Crippen molar-refractivity contribution < 1.29 is 4.74 Å². The van der Waals surface area contributed by atoms with Crippen LogP contribution in [0.2, 0.25) is 0 Å². The first-order chi connectivity index (χ1) is 10.7. The van der Waals surface area contributed by atoms with Crippen molar-refractivity contribution in [1.29, 1.82) is 0 Å². The van der Waals surface area contributed by atoms with E-state index in [1.54, 1.807) is 7.05 Å². The van der Waals surface area contributed by atoms with E-state index in [1.165, 1.54) is 0 Å². The highest BCUT2D eigenvalue weighted by molar-refractivity contribution is 5.79. The summed E-state index contributed by atoms with van der Waals surface area (Å²) in [5.74, 6) is 1.79. The molecule has 6 heteroatoms. The maximum atomic E-state index is 5.29. The Bertz CT molecular complexity index is 429. The highest BCUT2D eigenvalue weighted by Crippen LogP contribution is 2.10. The lowest BCUT2D eigenvalue weighted by Crippen LogP contribution is -2.38. The van der Waals surface area contributed by atoms with Crippen LogP contribution in [0.3, 0.4) is 0 Å². The van der Waals surface area contributed by atoms with Crippen LogP contribution in [-0.4, -0.2) is 50.8 Å². The molecule has 1 aromatic rings. The Kier molecular flexibility index (Phi) is 8.98. The van der Waals surface area contributed by atoms with E-state index in [-0.39, 0.29) is 0 Å². The maximum absolute atomic E-state index is 5.29. The standard InChI is InChI=1S/C16H29N5O/c1-5-21(6-2)15-9-8-14(12-19-15)13-20-16(17-4)18-10-11-22-7-3/h8-9,12H,5-7,10-11,13H2,1-4H3,(H2,17,18,20). The Morgan fingerprint density at radius 2 is 2.00 bits per heavy atom. The van der Waals surface area contributed by atoms with Crippen LogP contribution in [0, 0.1) is 0 Å². The van der Waals surface area contributed by atoms with Crippen molar-refractivity contribution in [3.8, 4) is 0 Å². The molecule has 0 fully saturated rings. The van der Waals surface area contributed by atoms with E-state index < -0.39 is 0 Å². The highest BCUT2D eigenvalue weighted by atomic mass is 16.5. The lowest BCUT2D eigenvalue weighted by atomic mass is 10.2. The van der Waals surface area contributed by atoms with Crippen LogP contribution in [-0.2, 0) is 11.3 Å². The third kappa shape index (κ3) is 6.30. The molecule has 6 nitrogen and oxygen atoms in total. The van der Waals surface area contributed by atoms with E-state index >= 15 is 0 Å². The summed E-state index contributed by atoms with van der Waals surface area (Å²) in [6.07, 6.45) is 1.91. The van der Waals surface area contributed by atoms with Gasteiger partial charge in [-0.2, -0.15) is 0 Å². The van der Waals surface area contributed by atoms with Gasteiger partial charge in [0.25, 0.3) is 0 Å². The van der Waals surface area contributed by atoms with Crippen LogP contribution in [0.1, 0.15) is 26.3 Å². The molecule has 0 aromatic carbocycles. The molecule has 0 saturated carbocycles. The molecule has 0 aliphatic heterocycles. The maximum Gasteiger partial charge on any atom is 0.191 e. The molecule has 0 unspecified atom stereocenters.